The number of pyridine rings is 1. The molecule has 0 radical (unpaired) electrons. The van der Waals surface area contributed by atoms with Crippen molar-refractivity contribution >= 4 is 0 Å². The average Bonchev–Trinajstić information content (AvgIpc) is 3.35. The quantitative estimate of drug-likeness (QED) is 0.607. The van der Waals surface area contributed by atoms with Crippen LogP contribution in [0.15, 0.2) is 59.7 Å². The Kier molecular flexibility index (Phi) is 5.32. The van der Waals surface area contributed by atoms with E-state index in [0.717, 1.165) is 11.3 Å². The summed E-state index contributed by atoms with van der Waals surface area (Å²) >= 11 is 0. The summed E-state index contributed by atoms with van der Waals surface area (Å²) in [4.78, 5) is 20.7. The van der Waals surface area contributed by atoms with Crippen molar-refractivity contribution in [3.05, 3.63) is 87.9 Å². The number of aryl methyl sites for hydroxylation is 1. The third-order valence-electron chi connectivity index (χ3n) is 4.81. The lowest BCUT2D eigenvalue weighted by atomic mass is 10.1. The first kappa shape index (κ1) is 19.8. The Balaban J connectivity index is 1.42. The standard InChI is InChI=1S/C23H19F2N3O2/c1-16-11-20(30-15-21-26-9-2-10-27-21)12-22(29)28(16)14-18-5-3-17(4-6-18)7-8-19-13-23(19,24)25/h2-6,9-12,19H,13-15H2,1H3. The molecule has 5 nitrogen and oxygen atoms in total. The Morgan fingerprint density at radius 3 is 2.53 bits per heavy atom. The second-order valence-corrected chi connectivity index (χ2v) is 7.19. The number of halogens is 2. The van der Waals surface area contributed by atoms with Gasteiger partial charge >= 0.3 is 0 Å². The molecule has 0 bridgehead atoms. The molecule has 0 N–H and O–H groups in total. The maximum absolute atomic E-state index is 12.9. The molecule has 1 atom stereocenters. The maximum Gasteiger partial charge on any atom is 0.263 e. The van der Waals surface area contributed by atoms with E-state index in [4.69, 9.17) is 4.74 Å². The van der Waals surface area contributed by atoms with E-state index in [9.17, 15) is 13.6 Å². The van der Waals surface area contributed by atoms with Crippen LogP contribution in [0.4, 0.5) is 8.78 Å². The first-order valence-corrected chi connectivity index (χ1v) is 9.49. The molecule has 2 heterocycles. The summed E-state index contributed by atoms with van der Waals surface area (Å²) in [5, 5.41) is 0. The lowest BCUT2D eigenvalue weighted by Crippen LogP contribution is -2.22. The van der Waals surface area contributed by atoms with Crippen molar-refractivity contribution in [1.29, 1.82) is 0 Å². The maximum atomic E-state index is 12.9. The van der Waals surface area contributed by atoms with Crippen LogP contribution in [-0.4, -0.2) is 20.5 Å². The predicted molar refractivity (Wildman–Crippen MR) is 107 cm³/mol. The third kappa shape index (κ3) is 4.71. The SMILES string of the molecule is Cc1cc(OCc2ncccn2)cc(=O)n1Cc1ccc(C#CC2CC2(F)F)cc1. The van der Waals surface area contributed by atoms with Crippen molar-refractivity contribution in [1.82, 2.24) is 14.5 Å². The van der Waals surface area contributed by atoms with Crippen LogP contribution in [-0.2, 0) is 13.2 Å². The fraction of sp³-hybridized carbons (Fsp3) is 0.261. The van der Waals surface area contributed by atoms with E-state index < -0.39 is 11.8 Å². The number of benzene rings is 1. The molecule has 4 rings (SSSR count). The highest BCUT2D eigenvalue weighted by atomic mass is 19.3. The Morgan fingerprint density at radius 2 is 1.90 bits per heavy atom. The van der Waals surface area contributed by atoms with Crippen LogP contribution in [0.5, 0.6) is 5.75 Å². The fourth-order valence-corrected chi connectivity index (χ4v) is 2.95. The average molecular weight is 407 g/mol. The van der Waals surface area contributed by atoms with Gasteiger partial charge < -0.3 is 9.30 Å². The van der Waals surface area contributed by atoms with Crippen molar-refractivity contribution in [2.24, 2.45) is 5.92 Å². The molecule has 1 saturated carbocycles. The first-order valence-electron chi connectivity index (χ1n) is 9.49. The number of rotatable bonds is 5. The van der Waals surface area contributed by atoms with Crippen molar-refractivity contribution in [3.8, 4) is 17.6 Å². The van der Waals surface area contributed by atoms with Gasteiger partial charge in [-0.25, -0.2) is 18.7 Å². The van der Waals surface area contributed by atoms with Gasteiger partial charge in [0.2, 0.25) is 0 Å². The van der Waals surface area contributed by atoms with Gasteiger partial charge in [0.15, 0.2) is 5.82 Å². The summed E-state index contributed by atoms with van der Waals surface area (Å²) in [6.45, 7) is 2.41. The van der Waals surface area contributed by atoms with Gasteiger partial charge in [-0.05, 0) is 36.8 Å². The molecular weight excluding hydrogens is 388 g/mol. The summed E-state index contributed by atoms with van der Waals surface area (Å²) in [5.74, 6) is 2.93. The normalized spacial score (nSPS) is 16.4. The zero-order valence-corrected chi connectivity index (χ0v) is 16.3. The van der Waals surface area contributed by atoms with E-state index in [1.807, 2.05) is 19.1 Å². The number of hydrogen-bond donors (Lipinski definition) is 0. The summed E-state index contributed by atoms with van der Waals surface area (Å²) in [6.07, 6.45) is 3.11. The summed E-state index contributed by atoms with van der Waals surface area (Å²) in [7, 11) is 0. The smallest absolute Gasteiger partial charge is 0.263 e. The highest BCUT2D eigenvalue weighted by Crippen LogP contribution is 2.48. The molecular formula is C23H19F2N3O2. The van der Waals surface area contributed by atoms with Crippen molar-refractivity contribution < 1.29 is 13.5 Å². The van der Waals surface area contributed by atoms with Crippen LogP contribution in [0.1, 0.15) is 29.1 Å². The number of hydrogen-bond acceptors (Lipinski definition) is 4. The second kappa shape index (κ2) is 8.07. The third-order valence-corrected chi connectivity index (χ3v) is 4.81. The predicted octanol–water partition coefficient (Wildman–Crippen LogP) is 3.58. The largest absolute Gasteiger partial charge is 0.485 e. The Labute approximate surface area is 172 Å². The van der Waals surface area contributed by atoms with E-state index >= 15 is 0 Å². The topological polar surface area (TPSA) is 57.0 Å². The molecule has 1 unspecified atom stereocenters. The van der Waals surface area contributed by atoms with Gasteiger partial charge in [-0.15, -0.1) is 0 Å². The first-order chi connectivity index (χ1) is 14.4. The molecule has 1 aliphatic rings. The highest BCUT2D eigenvalue weighted by Gasteiger charge is 2.56. The van der Waals surface area contributed by atoms with Crippen LogP contribution in [0.25, 0.3) is 0 Å². The van der Waals surface area contributed by atoms with Gasteiger partial charge in [-0.2, -0.15) is 0 Å². The van der Waals surface area contributed by atoms with Gasteiger partial charge in [0, 0.05) is 36.1 Å². The van der Waals surface area contributed by atoms with Gasteiger partial charge in [0.25, 0.3) is 11.5 Å². The number of nitrogens with zero attached hydrogens (tertiary/aromatic N) is 3. The van der Waals surface area contributed by atoms with Crippen molar-refractivity contribution in [2.75, 3.05) is 0 Å². The minimum Gasteiger partial charge on any atom is -0.485 e. The van der Waals surface area contributed by atoms with Crippen LogP contribution < -0.4 is 10.3 Å². The van der Waals surface area contributed by atoms with Crippen LogP contribution >= 0.6 is 0 Å². The Hall–Kier alpha value is -3.53. The van der Waals surface area contributed by atoms with Crippen molar-refractivity contribution in [2.45, 2.75) is 32.4 Å². The van der Waals surface area contributed by atoms with Crippen LogP contribution in [0.2, 0.25) is 0 Å². The van der Waals surface area contributed by atoms with Crippen molar-refractivity contribution in [3.63, 3.8) is 0 Å². The van der Waals surface area contributed by atoms with Gasteiger partial charge in [-0.1, -0.05) is 24.0 Å². The molecule has 2 aromatic heterocycles. The Bertz CT molecular complexity index is 1160. The molecule has 1 aliphatic carbocycles. The number of ether oxygens (including phenoxy) is 1. The minimum absolute atomic E-state index is 0.154. The van der Waals surface area contributed by atoms with Gasteiger partial charge in [-0.3, -0.25) is 4.79 Å². The van der Waals surface area contributed by atoms with E-state index in [-0.39, 0.29) is 18.6 Å². The lowest BCUT2D eigenvalue weighted by Gasteiger charge is -2.12. The summed E-state index contributed by atoms with van der Waals surface area (Å²) in [6, 6.07) is 12.2. The van der Waals surface area contributed by atoms with Gasteiger partial charge in [0.1, 0.15) is 12.4 Å². The zero-order valence-electron chi connectivity index (χ0n) is 16.3. The molecule has 0 spiro atoms. The summed E-state index contributed by atoms with van der Waals surface area (Å²) < 4.78 is 33.1. The molecule has 152 valence electrons. The number of alkyl halides is 2. The molecule has 1 fully saturated rings. The molecule has 3 aromatic rings. The lowest BCUT2D eigenvalue weighted by molar-refractivity contribution is 0.109. The minimum atomic E-state index is -2.63. The molecule has 1 aromatic carbocycles. The molecule has 0 amide bonds. The highest BCUT2D eigenvalue weighted by molar-refractivity contribution is 5.38. The molecule has 7 heteroatoms. The number of aromatic nitrogens is 3. The van der Waals surface area contributed by atoms with E-state index in [0.29, 0.717) is 23.7 Å². The fourth-order valence-electron chi connectivity index (χ4n) is 2.95. The van der Waals surface area contributed by atoms with Gasteiger partial charge in [0.05, 0.1) is 12.5 Å². The van der Waals surface area contributed by atoms with E-state index in [2.05, 4.69) is 21.8 Å². The summed E-state index contributed by atoms with van der Waals surface area (Å²) in [5.41, 5.74) is 2.16. The molecule has 0 saturated heterocycles. The zero-order chi connectivity index (χ0) is 21.1. The van der Waals surface area contributed by atoms with E-state index in [1.165, 1.54) is 6.07 Å². The molecule has 0 aliphatic heterocycles. The monoisotopic (exact) mass is 407 g/mol. The Morgan fingerprint density at radius 1 is 1.20 bits per heavy atom. The van der Waals surface area contributed by atoms with Crippen LogP contribution in [0.3, 0.4) is 0 Å². The van der Waals surface area contributed by atoms with E-state index in [1.54, 1.807) is 41.2 Å². The van der Waals surface area contributed by atoms with Crippen LogP contribution in [0, 0.1) is 24.7 Å². The second-order valence-electron chi connectivity index (χ2n) is 7.19. The molecule has 30 heavy (non-hydrogen) atoms.